The largest absolute Gasteiger partial charge is 0.416 e. The summed E-state index contributed by atoms with van der Waals surface area (Å²) < 4.78 is 39.5. The van der Waals surface area contributed by atoms with E-state index < -0.39 is 17.8 Å². The first-order valence-electron chi connectivity index (χ1n) is 6.82. The van der Waals surface area contributed by atoms with Crippen molar-refractivity contribution in [3.05, 3.63) is 45.7 Å². The SMILES string of the molecule is C#CCN(C)C(=O)N=c1sc(C)cn1-c1ccc(C(F)(F)F)cc1. The zero-order valence-corrected chi connectivity index (χ0v) is 13.8. The van der Waals surface area contributed by atoms with Crippen LogP contribution in [-0.2, 0) is 6.18 Å². The maximum Gasteiger partial charge on any atom is 0.416 e. The molecule has 0 radical (unpaired) electrons. The number of nitrogens with zero attached hydrogens (tertiary/aromatic N) is 3. The van der Waals surface area contributed by atoms with Gasteiger partial charge >= 0.3 is 12.2 Å². The lowest BCUT2D eigenvalue weighted by atomic mass is 10.2. The standard InChI is InChI=1S/C16H14F3N3OS/c1-4-9-21(3)14(23)20-15-22(10-11(2)24-15)13-7-5-12(6-8-13)16(17,18)19/h1,5-8,10H,9H2,2-3H3. The summed E-state index contributed by atoms with van der Waals surface area (Å²) in [6.07, 6.45) is 2.47. The third-order valence-corrected chi connectivity index (χ3v) is 3.99. The molecule has 1 aromatic heterocycles. The fourth-order valence-electron chi connectivity index (χ4n) is 1.90. The molecule has 0 aliphatic rings. The summed E-state index contributed by atoms with van der Waals surface area (Å²) in [4.78, 5) is 18.5. The molecule has 0 aliphatic heterocycles. The number of terminal acetylenes is 1. The van der Waals surface area contributed by atoms with E-state index in [-0.39, 0.29) is 6.54 Å². The molecule has 24 heavy (non-hydrogen) atoms. The Balaban J connectivity index is 2.43. The summed E-state index contributed by atoms with van der Waals surface area (Å²) in [5, 5.41) is 0. The number of amides is 2. The molecule has 1 aromatic carbocycles. The highest BCUT2D eigenvalue weighted by atomic mass is 32.1. The first kappa shape index (κ1) is 17.8. The van der Waals surface area contributed by atoms with Gasteiger partial charge in [0.25, 0.3) is 0 Å². The van der Waals surface area contributed by atoms with E-state index in [1.165, 1.54) is 35.4 Å². The van der Waals surface area contributed by atoms with Crippen LogP contribution in [0.2, 0.25) is 0 Å². The first-order chi connectivity index (χ1) is 11.2. The van der Waals surface area contributed by atoms with Crippen molar-refractivity contribution in [3.8, 4) is 18.0 Å². The molecule has 2 aromatic rings. The fourth-order valence-corrected chi connectivity index (χ4v) is 2.73. The van der Waals surface area contributed by atoms with Gasteiger partial charge in [0.15, 0.2) is 4.80 Å². The summed E-state index contributed by atoms with van der Waals surface area (Å²) in [6.45, 7) is 1.94. The molecule has 0 N–H and O–H groups in total. The van der Waals surface area contributed by atoms with E-state index in [0.717, 1.165) is 17.0 Å². The number of hydrogen-bond acceptors (Lipinski definition) is 2. The maximum atomic E-state index is 12.6. The zero-order chi connectivity index (χ0) is 17.9. The second-order valence-corrected chi connectivity index (χ2v) is 6.21. The summed E-state index contributed by atoms with van der Waals surface area (Å²) in [6, 6.07) is 4.14. The number of aryl methyl sites for hydroxylation is 1. The molecule has 0 fully saturated rings. The van der Waals surface area contributed by atoms with Crippen molar-refractivity contribution in [2.45, 2.75) is 13.1 Å². The van der Waals surface area contributed by atoms with E-state index in [1.54, 1.807) is 10.8 Å². The van der Waals surface area contributed by atoms with E-state index in [9.17, 15) is 18.0 Å². The minimum atomic E-state index is -4.39. The maximum absolute atomic E-state index is 12.6. The number of aromatic nitrogens is 1. The normalized spacial score (nSPS) is 12.1. The van der Waals surface area contributed by atoms with E-state index >= 15 is 0 Å². The lowest BCUT2D eigenvalue weighted by Gasteiger charge is -2.10. The van der Waals surface area contributed by atoms with Gasteiger partial charge in [-0.2, -0.15) is 18.2 Å². The number of halogens is 3. The van der Waals surface area contributed by atoms with Crippen LogP contribution in [0.1, 0.15) is 10.4 Å². The van der Waals surface area contributed by atoms with E-state index in [2.05, 4.69) is 10.9 Å². The molecular formula is C16H14F3N3OS. The number of carbonyl (C=O) groups excluding carboxylic acids is 1. The molecule has 2 rings (SSSR count). The van der Waals surface area contributed by atoms with Crippen LogP contribution in [-0.4, -0.2) is 29.1 Å². The predicted octanol–water partition coefficient (Wildman–Crippen LogP) is 3.45. The molecule has 8 heteroatoms. The van der Waals surface area contributed by atoms with E-state index in [1.807, 2.05) is 6.92 Å². The summed E-state index contributed by atoms with van der Waals surface area (Å²) >= 11 is 1.26. The van der Waals surface area contributed by atoms with Gasteiger partial charge in [0.1, 0.15) is 0 Å². The fraction of sp³-hybridized carbons (Fsp3) is 0.250. The van der Waals surface area contributed by atoms with Gasteiger partial charge in [-0.3, -0.25) is 4.57 Å². The van der Waals surface area contributed by atoms with Gasteiger partial charge in [-0.25, -0.2) is 4.79 Å². The summed E-state index contributed by atoms with van der Waals surface area (Å²) in [5.74, 6) is 2.34. The van der Waals surface area contributed by atoms with Crippen molar-refractivity contribution in [2.24, 2.45) is 4.99 Å². The molecule has 0 saturated heterocycles. The molecule has 126 valence electrons. The average molecular weight is 353 g/mol. The van der Waals surface area contributed by atoms with Crippen molar-refractivity contribution < 1.29 is 18.0 Å². The second-order valence-electron chi connectivity index (χ2n) is 4.99. The van der Waals surface area contributed by atoms with Crippen LogP contribution in [0, 0.1) is 19.3 Å². The van der Waals surface area contributed by atoms with Crippen LogP contribution in [0.5, 0.6) is 0 Å². The predicted molar refractivity (Wildman–Crippen MR) is 85.8 cm³/mol. The number of thiazole rings is 1. The Morgan fingerprint density at radius 1 is 1.38 bits per heavy atom. The smallest absolute Gasteiger partial charge is 0.315 e. The van der Waals surface area contributed by atoms with Gasteiger partial charge in [-0.15, -0.1) is 17.8 Å². The molecule has 0 bridgehead atoms. The highest BCUT2D eigenvalue weighted by molar-refractivity contribution is 7.09. The van der Waals surface area contributed by atoms with Crippen LogP contribution in [0.4, 0.5) is 18.0 Å². The Kier molecular flexibility index (Phi) is 5.14. The van der Waals surface area contributed by atoms with Gasteiger partial charge in [-0.1, -0.05) is 5.92 Å². The Hall–Kier alpha value is -2.53. The van der Waals surface area contributed by atoms with Crippen molar-refractivity contribution >= 4 is 17.4 Å². The number of carbonyl (C=O) groups is 1. The molecule has 1 heterocycles. The lowest BCUT2D eigenvalue weighted by molar-refractivity contribution is -0.137. The van der Waals surface area contributed by atoms with Crippen LogP contribution >= 0.6 is 11.3 Å². The van der Waals surface area contributed by atoms with Gasteiger partial charge in [0.05, 0.1) is 12.1 Å². The third kappa shape index (κ3) is 4.06. The van der Waals surface area contributed by atoms with Crippen LogP contribution < -0.4 is 4.80 Å². The Morgan fingerprint density at radius 2 is 2.00 bits per heavy atom. The number of hydrogen-bond donors (Lipinski definition) is 0. The monoisotopic (exact) mass is 353 g/mol. The number of urea groups is 1. The quantitative estimate of drug-likeness (QED) is 0.762. The molecule has 0 unspecified atom stereocenters. The van der Waals surface area contributed by atoms with Gasteiger partial charge in [0, 0.05) is 23.8 Å². The first-order valence-corrected chi connectivity index (χ1v) is 7.64. The van der Waals surface area contributed by atoms with Crippen LogP contribution in [0.3, 0.4) is 0 Å². The number of alkyl halides is 3. The minimum absolute atomic E-state index is 0.118. The highest BCUT2D eigenvalue weighted by Crippen LogP contribution is 2.29. The Morgan fingerprint density at radius 3 is 2.54 bits per heavy atom. The summed E-state index contributed by atoms with van der Waals surface area (Å²) in [7, 11) is 1.52. The zero-order valence-electron chi connectivity index (χ0n) is 13.0. The van der Waals surface area contributed by atoms with Crippen molar-refractivity contribution in [2.75, 3.05) is 13.6 Å². The summed E-state index contributed by atoms with van der Waals surface area (Å²) in [5.41, 5.74) is -0.249. The van der Waals surface area contributed by atoms with Crippen LogP contribution in [0.15, 0.2) is 35.5 Å². The minimum Gasteiger partial charge on any atom is -0.315 e. The molecule has 0 aliphatic carbocycles. The lowest BCUT2D eigenvalue weighted by Crippen LogP contribution is -2.26. The second kappa shape index (κ2) is 6.93. The highest BCUT2D eigenvalue weighted by Gasteiger charge is 2.30. The van der Waals surface area contributed by atoms with Crippen molar-refractivity contribution in [1.29, 1.82) is 0 Å². The third-order valence-electron chi connectivity index (χ3n) is 3.09. The van der Waals surface area contributed by atoms with E-state index in [4.69, 9.17) is 6.42 Å². The van der Waals surface area contributed by atoms with Gasteiger partial charge in [0.2, 0.25) is 0 Å². The van der Waals surface area contributed by atoms with Crippen molar-refractivity contribution in [3.63, 3.8) is 0 Å². The molecular weight excluding hydrogens is 339 g/mol. The topological polar surface area (TPSA) is 37.6 Å². The number of rotatable bonds is 2. The number of benzene rings is 1. The molecule has 2 amide bonds. The molecule has 0 saturated carbocycles. The van der Waals surface area contributed by atoms with Gasteiger partial charge < -0.3 is 4.90 Å². The Bertz CT molecular complexity index is 841. The molecule has 0 atom stereocenters. The van der Waals surface area contributed by atoms with Crippen molar-refractivity contribution in [1.82, 2.24) is 9.47 Å². The van der Waals surface area contributed by atoms with Gasteiger partial charge in [-0.05, 0) is 31.2 Å². The van der Waals surface area contributed by atoms with E-state index in [0.29, 0.717) is 10.5 Å². The van der Waals surface area contributed by atoms with Crippen LogP contribution in [0.25, 0.3) is 5.69 Å². The molecule has 0 spiro atoms. The average Bonchev–Trinajstić information content (AvgIpc) is 2.87. The molecule has 4 nitrogen and oxygen atoms in total. The Labute approximate surface area is 140 Å².